The van der Waals surface area contributed by atoms with Gasteiger partial charge >= 0.3 is 0 Å². The van der Waals surface area contributed by atoms with Gasteiger partial charge in [-0.3, -0.25) is 19.4 Å². The molecule has 14 nitrogen and oxygen atoms in total. The first-order valence-electron chi connectivity index (χ1n) is 26.0. The number of hydrogen-bond acceptors (Lipinski definition) is 8. The summed E-state index contributed by atoms with van der Waals surface area (Å²) in [5.41, 5.74) is 9.70. The number of carbonyl (C=O) groups is 3. The number of amides is 3. The van der Waals surface area contributed by atoms with Gasteiger partial charge in [0.25, 0.3) is 5.91 Å². The molecule has 73 heavy (non-hydrogen) atoms. The minimum absolute atomic E-state index is 0.0954. The molecule has 0 radical (unpaired) electrons. The third kappa shape index (κ3) is 12.6. The highest BCUT2D eigenvalue weighted by atomic mass is 32.2. The minimum atomic E-state index is -4.37. The quantitative estimate of drug-likeness (QED) is 0.0259. The molecule has 3 N–H and O–H groups in total. The van der Waals surface area contributed by atoms with Crippen LogP contribution in [0.1, 0.15) is 92.5 Å². The summed E-state index contributed by atoms with van der Waals surface area (Å²) in [5, 5.41) is 8.61. The minimum Gasteiger partial charge on any atom is -0.748 e. The van der Waals surface area contributed by atoms with Crippen molar-refractivity contribution in [3.05, 3.63) is 149 Å². The molecule has 3 fully saturated rings. The van der Waals surface area contributed by atoms with Gasteiger partial charge in [-0.05, 0) is 86.7 Å². The highest BCUT2D eigenvalue weighted by Gasteiger charge is 2.46. The van der Waals surface area contributed by atoms with E-state index in [1.807, 2.05) is 48.5 Å². The number of para-hydroxylation sites is 2. The molecule has 0 unspecified atom stereocenters. The Kier molecular flexibility index (Phi) is 16.0. The Morgan fingerprint density at radius 2 is 1.51 bits per heavy atom. The van der Waals surface area contributed by atoms with Crippen molar-refractivity contribution in [1.29, 1.82) is 0 Å². The molecule has 3 amide bonds. The van der Waals surface area contributed by atoms with Crippen molar-refractivity contribution >= 4 is 56.2 Å². The van der Waals surface area contributed by atoms with E-state index in [-0.39, 0.29) is 42.5 Å². The van der Waals surface area contributed by atoms with Crippen molar-refractivity contribution in [2.75, 3.05) is 95.5 Å². The maximum absolute atomic E-state index is 13.3. The Morgan fingerprint density at radius 3 is 2.19 bits per heavy atom. The number of aromatic nitrogens is 1. The van der Waals surface area contributed by atoms with Crippen molar-refractivity contribution in [2.24, 2.45) is 0 Å². The number of nitrogens with one attached hydrogen (secondary N) is 3. The Balaban J connectivity index is 0.833. The number of hydrogen-bond donors (Lipinski definition) is 3. The first kappa shape index (κ1) is 53.0. The Labute approximate surface area is 432 Å². The Hall–Kier alpha value is -6.26. The molecule has 3 saturated heterocycles. The lowest BCUT2D eigenvalue weighted by atomic mass is 9.81. The molecule has 4 aromatic rings. The summed E-state index contributed by atoms with van der Waals surface area (Å²) in [6.45, 7) is 18.2. The molecule has 2 bridgehead atoms. The third-order valence-corrected chi connectivity index (χ3v) is 16.7. The number of carbonyl (C=O) groups excluding carboxylic acids is 3. The zero-order chi connectivity index (χ0) is 52.0. The van der Waals surface area contributed by atoms with Crippen LogP contribution in [0.2, 0.25) is 0 Å². The van der Waals surface area contributed by atoms with E-state index >= 15 is 0 Å². The molecule has 0 aliphatic carbocycles. The lowest BCUT2D eigenvalue weighted by Crippen LogP contribution is -2.73. The van der Waals surface area contributed by atoms with E-state index in [1.54, 1.807) is 12.3 Å². The molecule has 386 valence electrons. The van der Waals surface area contributed by atoms with Crippen LogP contribution >= 0.6 is 0 Å². The average Bonchev–Trinajstić information content (AvgIpc) is 3.71. The number of anilines is 2. The second-order valence-electron chi connectivity index (χ2n) is 21.8. The standard InChI is InChI=1S/C58H72N8O6S/c1-57(2)47-15-9-11-17-50(47)63(5)52(57)28-23-44(24-29-53-58(3,4)48-16-10-12-18-51(48)64(53)32-14-40-73(70,71)72)49-27-22-45(41-60-49)56(69)59-31-13-7-8-19-54(67)61-42-55(68)62-46-25-20-43(21-26-46)30-33-66-37-34-65(6,35-38-66)36-39-66/h9-12,15-18,20-29,41H,7-8,13-14,19,30-40,42H2,1-6H3,(H-3,59,61,62,67,68,69,70,71,72)/p+2. The summed E-state index contributed by atoms with van der Waals surface area (Å²) in [6.07, 6.45) is 13.4. The van der Waals surface area contributed by atoms with Crippen LogP contribution in [-0.2, 0) is 37.0 Å². The summed E-state index contributed by atoms with van der Waals surface area (Å²) >= 11 is 0. The lowest BCUT2D eigenvalue weighted by molar-refractivity contribution is -1.07. The molecular formula is C58H74N8O6S+2. The summed E-state index contributed by atoms with van der Waals surface area (Å²) in [7, 11) is 0.0849. The van der Waals surface area contributed by atoms with Crippen LogP contribution in [0.4, 0.5) is 17.1 Å². The van der Waals surface area contributed by atoms with E-state index in [4.69, 9.17) is 4.98 Å². The number of fused-ring (bicyclic) bond motifs is 5. The highest BCUT2D eigenvalue weighted by Crippen LogP contribution is 2.48. The van der Waals surface area contributed by atoms with E-state index < -0.39 is 21.3 Å². The van der Waals surface area contributed by atoms with Crippen molar-refractivity contribution < 1.29 is 40.9 Å². The smallest absolute Gasteiger partial charge is 0.252 e. The molecule has 0 atom stereocenters. The van der Waals surface area contributed by atoms with E-state index in [0.717, 1.165) is 59.0 Å². The van der Waals surface area contributed by atoms with Crippen molar-refractivity contribution in [3.8, 4) is 0 Å². The number of allylic oxidation sites excluding steroid dienone is 6. The van der Waals surface area contributed by atoms with E-state index in [9.17, 15) is 27.4 Å². The summed E-state index contributed by atoms with van der Waals surface area (Å²) in [4.78, 5) is 45.4. The van der Waals surface area contributed by atoms with Gasteiger partial charge in [-0.25, -0.2) is 8.42 Å². The molecule has 3 aromatic carbocycles. The zero-order valence-corrected chi connectivity index (χ0v) is 44.4. The van der Waals surface area contributed by atoms with Crippen LogP contribution in [0.25, 0.3) is 5.57 Å². The van der Waals surface area contributed by atoms with Crippen LogP contribution in [0.3, 0.4) is 0 Å². The van der Waals surface area contributed by atoms with Gasteiger partial charge in [0.05, 0.1) is 46.9 Å². The van der Waals surface area contributed by atoms with Gasteiger partial charge in [0.1, 0.15) is 46.3 Å². The molecule has 15 heteroatoms. The maximum atomic E-state index is 13.3. The number of rotatable bonds is 21. The number of nitrogens with zero attached hydrogens (tertiary/aromatic N) is 5. The normalized spacial score (nSPS) is 21.4. The molecule has 5 aliphatic heterocycles. The van der Waals surface area contributed by atoms with Gasteiger partial charge in [0.2, 0.25) is 17.5 Å². The predicted octanol–water partition coefficient (Wildman–Crippen LogP) is 7.22. The van der Waals surface area contributed by atoms with Crippen LogP contribution in [0, 0.1) is 0 Å². The first-order valence-corrected chi connectivity index (χ1v) is 27.5. The molecule has 0 saturated carbocycles. The number of likely N-dealkylation sites (N-methyl/N-ethyl adjacent to an activating group) is 1. The topological polar surface area (TPSA) is 164 Å². The maximum Gasteiger partial charge on any atom is 0.252 e. The number of piperazine rings is 3. The molecule has 6 heterocycles. The van der Waals surface area contributed by atoms with Gasteiger partial charge in [-0.1, -0.05) is 74.9 Å². The predicted molar refractivity (Wildman–Crippen MR) is 289 cm³/mol. The van der Waals surface area contributed by atoms with Gasteiger partial charge < -0.3 is 34.4 Å². The number of pyridine rings is 1. The molecule has 1 aromatic heterocycles. The number of benzene rings is 3. The van der Waals surface area contributed by atoms with Crippen LogP contribution in [-0.4, -0.2) is 140 Å². The van der Waals surface area contributed by atoms with Crippen LogP contribution in [0.15, 0.2) is 121 Å². The van der Waals surface area contributed by atoms with E-state index in [2.05, 4.69) is 122 Å². The van der Waals surface area contributed by atoms with Gasteiger partial charge in [0, 0.05) is 83.6 Å². The average molecular weight is 1010 g/mol. The van der Waals surface area contributed by atoms with Crippen LogP contribution in [0.5, 0.6) is 0 Å². The number of quaternary nitrogens is 2. The van der Waals surface area contributed by atoms with E-state index in [1.165, 1.54) is 59.4 Å². The third-order valence-electron chi connectivity index (χ3n) is 15.9. The van der Waals surface area contributed by atoms with E-state index in [0.29, 0.717) is 37.2 Å². The largest absolute Gasteiger partial charge is 0.748 e. The Morgan fingerprint density at radius 1 is 0.808 bits per heavy atom. The first-order chi connectivity index (χ1) is 34.8. The second-order valence-corrected chi connectivity index (χ2v) is 23.3. The number of unbranched alkanes of at least 4 members (excludes halogenated alkanes) is 2. The van der Waals surface area contributed by atoms with Gasteiger partial charge in [-0.15, -0.1) is 0 Å². The summed E-state index contributed by atoms with van der Waals surface area (Å²) in [5.74, 6) is -1.15. The van der Waals surface area contributed by atoms with Crippen molar-refractivity contribution in [2.45, 2.75) is 77.0 Å². The fourth-order valence-corrected chi connectivity index (χ4v) is 11.7. The second kappa shape index (κ2) is 22.1. The lowest BCUT2D eigenvalue weighted by Gasteiger charge is -2.54. The fraction of sp³-hybridized carbons (Fsp3) is 0.431. The monoisotopic (exact) mass is 1010 g/mol. The van der Waals surface area contributed by atoms with Crippen LogP contribution < -0.4 is 20.9 Å². The molecule has 5 aliphatic rings. The summed E-state index contributed by atoms with van der Waals surface area (Å²) < 4.78 is 39.4. The van der Waals surface area contributed by atoms with Crippen molar-refractivity contribution in [3.63, 3.8) is 0 Å². The van der Waals surface area contributed by atoms with Crippen molar-refractivity contribution in [1.82, 2.24) is 15.6 Å². The Bertz CT molecular complexity index is 2910. The molecular weight excluding hydrogens is 937 g/mol. The summed E-state index contributed by atoms with van der Waals surface area (Å²) in [6, 6.07) is 28.1. The fourth-order valence-electron chi connectivity index (χ4n) is 11.2. The SMILES string of the molecule is C[N+]1=C(/C=C/C(=C/C=C2/N(CCCS(=O)(=O)[O-])c3ccccc3C2(C)C)c2ccc(C(=O)NCCCCCC(=O)NCC(=O)Nc3ccc(CC[N+]45CC[N+](C)(CC4)CC5)cc3)cn2)C(C)(C)c2ccccc21. The van der Waals surface area contributed by atoms with Gasteiger partial charge in [0.15, 0.2) is 5.71 Å². The zero-order valence-electron chi connectivity index (χ0n) is 43.6. The van der Waals surface area contributed by atoms with Gasteiger partial charge in [-0.2, -0.15) is 4.58 Å². The molecule has 0 spiro atoms. The highest BCUT2D eigenvalue weighted by molar-refractivity contribution is 7.85. The molecule has 9 rings (SSSR count).